The topological polar surface area (TPSA) is 99.2 Å². The van der Waals surface area contributed by atoms with Crippen molar-refractivity contribution < 1.29 is 18.0 Å². The Hall–Kier alpha value is -3.20. The lowest BCUT2D eigenvalue weighted by Crippen LogP contribution is -2.51. The van der Waals surface area contributed by atoms with Gasteiger partial charge in [0.15, 0.2) is 5.78 Å². The first-order valence-corrected chi connectivity index (χ1v) is 11.6. The van der Waals surface area contributed by atoms with Crippen LogP contribution < -0.4 is 9.62 Å². The van der Waals surface area contributed by atoms with Crippen molar-refractivity contribution in [2.24, 2.45) is 4.99 Å². The SMILES string of the molecule is CC(=O)c1ccc(N2CCN(C(=O)C(C)N=C3NS(=O)(=O)c4ccccc43)CC2)cc1. The number of nitrogens with zero attached hydrogens (tertiary/aromatic N) is 3. The number of rotatable bonds is 4. The van der Waals surface area contributed by atoms with Gasteiger partial charge in [-0.05, 0) is 50.2 Å². The number of sulfonamides is 1. The maximum absolute atomic E-state index is 12.9. The molecule has 2 aliphatic heterocycles. The van der Waals surface area contributed by atoms with E-state index in [0.717, 1.165) is 5.69 Å². The highest BCUT2D eigenvalue weighted by atomic mass is 32.2. The Balaban J connectivity index is 1.41. The molecule has 0 aromatic heterocycles. The molecule has 2 aromatic carbocycles. The highest BCUT2D eigenvalue weighted by molar-refractivity contribution is 7.90. The Morgan fingerprint density at radius 2 is 1.65 bits per heavy atom. The maximum Gasteiger partial charge on any atom is 0.263 e. The molecule has 4 rings (SSSR count). The fraction of sp³-hybridized carbons (Fsp3) is 0.318. The van der Waals surface area contributed by atoms with Gasteiger partial charge >= 0.3 is 0 Å². The lowest BCUT2D eigenvalue weighted by molar-refractivity contribution is -0.132. The molecule has 0 spiro atoms. The number of hydrogen-bond acceptors (Lipinski definition) is 6. The number of hydrogen-bond donors (Lipinski definition) is 1. The Bertz CT molecular complexity index is 1150. The van der Waals surface area contributed by atoms with Crippen LogP contribution in [-0.4, -0.2) is 63.1 Å². The van der Waals surface area contributed by atoms with E-state index in [1.54, 1.807) is 36.9 Å². The number of carbonyl (C=O) groups excluding carboxylic acids is 2. The van der Waals surface area contributed by atoms with Gasteiger partial charge in [-0.25, -0.2) is 8.42 Å². The summed E-state index contributed by atoms with van der Waals surface area (Å²) in [7, 11) is -3.63. The molecular weight excluding hydrogens is 416 g/mol. The van der Waals surface area contributed by atoms with Gasteiger partial charge < -0.3 is 9.80 Å². The minimum absolute atomic E-state index is 0.0322. The zero-order valence-corrected chi connectivity index (χ0v) is 18.2. The monoisotopic (exact) mass is 440 g/mol. The molecule has 162 valence electrons. The van der Waals surface area contributed by atoms with Gasteiger partial charge in [-0.3, -0.25) is 19.3 Å². The summed E-state index contributed by atoms with van der Waals surface area (Å²) < 4.78 is 26.9. The van der Waals surface area contributed by atoms with Gasteiger partial charge in [0.1, 0.15) is 11.9 Å². The molecule has 1 fully saturated rings. The van der Waals surface area contributed by atoms with Crippen molar-refractivity contribution in [2.45, 2.75) is 24.8 Å². The molecule has 0 bridgehead atoms. The predicted molar refractivity (Wildman–Crippen MR) is 118 cm³/mol. The molecule has 2 aliphatic rings. The molecule has 0 aliphatic carbocycles. The first-order chi connectivity index (χ1) is 14.8. The minimum Gasteiger partial charge on any atom is -0.368 e. The molecule has 8 nitrogen and oxygen atoms in total. The molecule has 1 saturated heterocycles. The fourth-order valence-electron chi connectivity index (χ4n) is 3.83. The second-order valence-corrected chi connectivity index (χ2v) is 9.32. The van der Waals surface area contributed by atoms with E-state index >= 15 is 0 Å². The van der Waals surface area contributed by atoms with Gasteiger partial charge in [0, 0.05) is 43.0 Å². The van der Waals surface area contributed by atoms with E-state index < -0.39 is 16.1 Å². The van der Waals surface area contributed by atoms with Crippen LogP contribution >= 0.6 is 0 Å². The summed E-state index contributed by atoms with van der Waals surface area (Å²) in [6, 6.07) is 13.4. The number of benzene rings is 2. The average molecular weight is 441 g/mol. The molecule has 1 unspecified atom stereocenters. The van der Waals surface area contributed by atoms with Crippen LogP contribution in [-0.2, 0) is 14.8 Å². The van der Waals surface area contributed by atoms with E-state index in [1.807, 2.05) is 24.3 Å². The Morgan fingerprint density at radius 1 is 1.00 bits per heavy atom. The number of piperazine rings is 1. The maximum atomic E-state index is 12.9. The van der Waals surface area contributed by atoms with Gasteiger partial charge in [0.05, 0.1) is 4.90 Å². The molecule has 1 amide bonds. The normalized spacial score (nSPS) is 19.6. The first-order valence-electron chi connectivity index (χ1n) is 10.1. The standard InChI is InChI=1S/C22H24N4O4S/c1-15(23-21-19-5-3-4-6-20(19)31(29,30)24-21)22(28)26-13-11-25(12-14-26)18-9-7-17(8-10-18)16(2)27/h3-10,15H,11-14H2,1-2H3,(H,23,24). The van der Waals surface area contributed by atoms with Gasteiger partial charge in [0.25, 0.3) is 10.0 Å². The zero-order valence-electron chi connectivity index (χ0n) is 17.4. The third-order valence-corrected chi connectivity index (χ3v) is 6.97. The number of aliphatic imine (C=N–C) groups is 1. The largest absolute Gasteiger partial charge is 0.368 e. The van der Waals surface area contributed by atoms with E-state index in [0.29, 0.717) is 37.3 Å². The molecule has 2 heterocycles. The quantitative estimate of drug-likeness (QED) is 0.729. The highest BCUT2D eigenvalue weighted by Gasteiger charge is 2.32. The smallest absolute Gasteiger partial charge is 0.263 e. The van der Waals surface area contributed by atoms with Crippen molar-refractivity contribution in [1.29, 1.82) is 0 Å². The highest BCUT2D eigenvalue weighted by Crippen LogP contribution is 2.23. The summed E-state index contributed by atoms with van der Waals surface area (Å²) in [5, 5.41) is 0. The van der Waals surface area contributed by atoms with Crippen LogP contribution in [0.5, 0.6) is 0 Å². The van der Waals surface area contributed by atoms with Crippen molar-refractivity contribution >= 4 is 33.2 Å². The molecule has 0 radical (unpaired) electrons. The average Bonchev–Trinajstić information content (AvgIpc) is 3.03. The van der Waals surface area contributed by atoms with Crippen LogP contribution in [0.4, 0.5) is 5.69 Å². The van der Waals surface area contributed by atoms with E-state index in [4.69, 9.17) is 0 Å². The number of Topliss-reactive ketones (excluding diaryl/α,β-unsaturated/α-hetero) is 1. The second kappa shape index (κ2) is 8.14. The lowest BCUT2D eigenvalue weighted by Gasteiger charge is -2.36. The third kappa shape index (κ3) is 4.18. The van der Waals surface area contributed by atoms with Crippen LogP contribution in [0, 0.1) is 0 Å². The van der Waals surface area contributed by atoms with Crippen molar-refractivity contribution in [3.8, 4) is 0 Å². The van der Waals surface area contributed by atoms with Gasteiger partial charge in [0.2, 0.25) is 5.91 Å². The number of amides is 1. The number of carbonyl (C=O) groups is 2. The molecular formula is C22H24N4O4S. The summed E-state index contributed by atoms with van der Waals surface area (Å²) in [6.45, 7) is 5.65. The van der Waals surface area contributed by atoms with Gasteiger partial charge in [-0.1, -0.05) is 12.1 Å². The lowest BCUT2D eigenvalue weighted by atomic mass is 10.1. The van der Waals surface area contributed by atoms with Crippen LogP contribution in [0.25, 0.3) is 0 Å². The number of nitrogens with one attached hydrogen (secondary N) is 1. The Morgan fingerprint density at radius 3 is 2.29 bits per heavy atom. The summed E-state index contributed by atoms with van der Waals surface area (Å²) in [5.74, 6) is 0.105. The summed E-state index contributed by atoms with van der Waals surface area (Å²) in [4.78, 5) is 32.8. The van der Waals surface area contributed by atoms with E-state index in [9.17, 15) is 18.0 Å². The van der Waals surface area contributed by atoms with Crippen LogP contribution in [0.15, 0.2) is 58.4 Å². The van der Waals surface area contributed by atoms with Gasteiger partial charge in [-0.2, -0.15) is 0 Å². The molecule has 31 heavy (non-hydrogen) atoms. The molecule has 1 N–H and O–H groups in total. The summed E-state index contributed by atoms with van der Waals surface area (Å²) in [6.07, 6.45) is 0. The van der Waals surface area contributed by atoms with Crippen LogP contribution in [0.3, 0.4) is 0 Å². The number of anilines is 1. The Kier molecular flexibility index (Phi) is 5.53. The van der Waals surface area contributed by atoms with E-state index in [1.165, 1.54) is 6.07 Å². The second-order valence-electron chi connectivity index (χ2n) is 7.67. The number of fused-ring (bicyclic) bond motifs is 1. The predicted octanol–water partition coefficient (Wildman–Crippen LogP) is 1.66. The number of ketones is 1. The Labute approximate surface area is 181 Å². The first kappa shape index (κ1) is 21.0. The molecule has 1 atom stereocenters. The fourth-order valence-corrected chi connectivity index (χ4v) is 5.07. The van der Waals surface area contributed by atoms with Crippen LogP contribution in [0.1, 0.15) is 29.8 Å². The van der Waals surface area contributed by atoms with E-state index in [-0.39, 0.29) is 22.4 Å². The van der Waals surface area contributed by atoms with Crippen LogP contribution in [0.2, 0.25) is 0 Å². The molecule has 9 heteroatoms. The van der Waals surface area contributed by atoms with Crippen molar-refractivity contribution in [3.63, 3.8) is 0 Å². The number of amidine groups is 1. The zero-order chi connectivity index (χ0) is 22.2. The summed E-state index contributed by atoms with van der Waals surface area (Å²) >= 11 is 0. The van der Waals surface area contributed by atoms with Crippen molar-refractivity contribution in [2.75, 3.05) is 31.1 Å². The third-order valence-electron chi connectivity index (χ3n) is 5.57. The summed E-state index contributed by atoms with van der Waals surface area (Å²) in [5.41, 5.74) is 2.18. The van der Waals surface area contributed by atoms with E-state index in [2.05, 4.69) is 14.6 Å². The van der Waals surface area contributed by atoms with Crippen molar-refractivity contribution in [1.82, 2.24) is 9.62 Å². The van der Waals surface area contributed by atoms with Gasteiger partial charge in [-0.15, -0.1) is 0 Å². The molecule has 0 saturated carbocycles. The van der Waals surface area contributed by atoms with Crippen molar-refractivity contribution in [3.05, 3.63) is 59.7 Å². The molecule has 2 aromatic rings. The minimum atomic E-state index is -3.63.